The predicted molar refractivity (Wildman–Crippen MR) is 79.4 cm³/mol. The van der Waals surface area contributed by atoms with Gasteiger partial charge >= 0.3 is 0 Å². The van der Waals surface area contributed by atoms with Crippen molar-refractivity contribution in [2.24, 2.45) is 5.10 Å². The van der Waals surface area contributed by atoms with Gasteiger partial charge in [0.1, 0.15) is 5.78 Å². The highest BCUT2D eigenvalue weighted by Gasteiger charge is 2.34. The highest BCUT2D eigenvalue weighted by Crippen LogP contribution is 2.22. The van der Waals surface area contributed by atoms with Gasteiger partial charge in [0.05, 0.1) is 0 Å². The van der Waals surface area contributed by atoms with Crippen molar-refractivity contribution in [1.82, 2.24) is 4.34 Å². The first-order chi connectivity index (χ1) is 7.60. The van der Waals surface area contributed by atoms with Crippen LogP contribution in [0.3, 0.4) is 0 Å². The number of ketones is 1. The maximum atomic E-state index is 11.5. The van der Waals surface area contributed by atoms with Crippen molar-refractivity contribution in [1.29, 1.82) is 0 Å². The third-order valence-corrected chi connectivity index (χ3v) is 9.60. The molecule has 0 heterocycles. The minimum Gasteiger partial charge on any atom is -0.350 e. The smallest absolute Gasteiger partial charge is 0.158 e. The minimum absolute atomic E-state index is 0.362. The summed E-state index contributed by atoms with van der Waals surface area (Å²) in [6.07, 6.45) is 3.34. The van der Waals surface area contributed by atoms with Crippen molar-refractivity contribution in [3.8, 4) is 0 Å². The zero-order valence-electron chi connectivity index (χ0n) is 12.1. The predicted octanol–water partition coefficient (Wildman–Crippen LogP) is 3.46. The van der Waals surface area contributed by atoms with Crippen molar-refractivity contribution in [2.45, 2.75) is 65.0 Å². The van der Waals surface area contributed by atoms with Crippen molar-refractivity contribution in [3.05, 3.63) is 0 Å². The molecular weight excluding hydrogens is 244 g/mol. The van der Waals surface area contributed by atoms with Crippen LogP contribution in [-0.2, 0) is 4.79 Å². The van der Waals surface area contributed by atoms with Crippen molar-refractivity contribution in [3.63, 3.8) is 0 Å². The zero-order valence-corrected chi connectivity index (χ0v) is 14.1. The van der Waals surface area contributed by atoms with Gasteiger partial charge in [-0.3, -0.25) is 4.79 Å². The Hall–Kier alpha value is -0.426. The summed E-state index contributed by atoms with van der Waals surface area (Å²) in [7, 11) is -2.86. The third-order valence-electron chi connectivity index (χ3n) is 2.83. The van der Waals surface area contributed by atoms with Crippen LogP contribution in [0.5, 0.6) is 0 Å². The second-order valence-corrected chi connectivity index (χ2v) is 16.9. The Bertz CT molecular complexity index is 312. The van der Waals surface area contributed by atoms with Crippen molar-refractivity contribution >= 4 is 28.0 Å². The van der Waals surface area contributed by atoms with E-state index in [-0.39, 0.29) is 0 Å². The van der Waals surface area contributed by atoms with E-state index in [9.17, 15) is 4.79 Å². The molecule has 1 saturated carbocycles. The lowest BCUT2D eigenvalue weighted by Gasteiger charge is -2.42. The van der Waals surface area contributed by atoms with E-state index in [2.05, 4.69) is 43.6 Å². The molecule has 0 aromatic rings. The van der Waals surface area contributed by atoms with E-state index in [1.54, 1.807) is 0 Å². The Morgan fingerprint density at radius 1 is 1.00 bits per heavy atom. The number of rotatable bonds is 3. The average Bonchev–Trinajstić information content (AvgIpc) is 2.10. The van der Waals surface area contributed by atoms with Gasteiger partial charge in [0.2, 0.25) is 0 Å². The molecular formula is C12H26N2OSi2. The number of hydrogen-bond donors (Lipinski definition) is 0. The molecule has 1 fully saturated rings. The topological polar surface area (TPSA) is 32.7 Å². The molecule has 1 aliphatic carbocycles. The number of nitrogens with zero attached hydrogens (tertiary/aromatic N) is 2. The van der Waals surface area contributed by atoms with Crippen molar-refractivity contribution < 1.29 is 4.79 Å². The highest BCUT2D eigenvalue weighted by molar-refractivity contribution is 6.89. The maximum absolute atomic E-state index is 11.5. The number of hydrazone groups is 1. The van der Waals surface area contributed by atoms with E-state index >= 15 is 0 Å². The van der Waals surface area contributed by atoms with Gasteiger partial charge < -0.3 is 4.34 Å². The van der Waals surface area contributed by atoms with E-state index in [0.29, 0.717) is 12.2 Å². The molecule has 0 bridgehead atoms. The maximum Gasteiger partial charge on any atom is 0.158 e. The van der Waals surface area contributed by atoms with Crippen LogP contribution in [0.25, 0.3) is 0 Å². The van der Waals surface area contributed by atoms with E-state index in [4.69, 9.17) is 5.10 Å². The molecule has 0 atom stereocenters. The van der Waals surface area contributed by atoms with Crippen LogP contribution in [0.4, 0.5) is 0 Å². The quantitative estimate of drug-likeness (QED) is 0.581. The molecule has 1 aliphatic rings. The normalized spacial score (nSPS) is 20.8. The standard InChI is InChI=1S/C12H26N2OSi2/c1-16(2,3)14(17(4,5)6)13-11-8-7-9-12(15)10-11/h7-10H2,1-6H3. The Morgan fingerprint density at radius 2 is 1.53 bits per heavy atom. The number of hydrogen-bond acceptors (Lipinski definition) is 3. The monoisotopic (exact) mass is 270 g/mol. The van der Waals surface area contributed by atoms with Crippen LogP contribution >= 0.6 is 0 Å². The van der Waals surface area contributed by atoms with Gasteiger partial charge in [-0.15, -0.1) is 0 Å². The van der Waals surface area contributed by atoms with Gasteiger partial charge in [-0.2, -0.15) is 0 Å². The summed E-state index contributed by atoms with van der Waals surface area (Å²) in [4.78, 5) is 11.5. The number of carbonyl (C=O) groups excluding carboxylic acids is 1. The SMILES string of the molecule is C[Si](C)(C)N(N=C1CCCC(=O)C1)[Si](C)(C)C. The lowest BCUT2D eigenvalue weighted by atomic mass is 9.97. The summed E-state index contributed by atoms with van der Waals surface area (Å²) in [5, 5.41) is 4.88. The van der Waals surface area contributed by atoms with Crippen LogP contribution in [0.1, 0.15) is 25.7 Å². The largest absolute Gasteiger partial charge is 0.350 e. The average molecular weight is 271 g/mol. The van der Waals surface area contributed by atoms with Crippen LogP contribution in [0, 0.1) is 0 Å². The lowest BCUT2D eigenvalue weighted by molar-refractivity contribution is -0.118. The van der Waals surface area contributed by atoms with Gasteiger partial charge in [-0.1, -0.05) is 39.3 Å². The summed E-state index contributed by atoms with van der Waals surface area (Å²) in [6.45, 7) is 14.0. The summed E-state index contributed by atoms with van der Waals surface area (Å²) in [6, 6.07) is 0. The second kappa shape index (κ2) is 5.06. The lowest BCUT2D eigenvalue weighted by Crippen LogP contribution is -2.56. The molecule has 0 amide bonds. The van der Waals surface area contributed by atoms with E-state index in [1.807, 2.05) is 0 Å². The summed E-state index contributed by atoms with van der Waals surface area (Å²) >= 11 is 0. The minimum atomic E-state index is -1.43. The van der Waals surface area contributed by atoms with Crippen molar-refractivity contribution in [2.75, 3.05) is 0 Å². The molecule has 98 valence electrons. The molecule has 0 saturated heterocycles. The van der Waals surface area contributed by atoms with Crippen LogP contribution < -0.4 is 0 Å². The second-order valence-electron chi connectivity index (χ2n) is 6.89. The molecule has 0 radical (unpaired) electrons. The van der Waals surface area contributed by atoms with E-state index in [1.165, 1.54) is 0 Å². The molecule has 0 spiro atoms. The van der Waals surface area contributed by atoms with Gasteiger partial charge in [-0.25, -0.2) is 5.10 Å². The summed E-state index contributed by atoms with van der Waals surface area (Å²) in [5.41, 5.74) is 1.12. The Morgan fingerprint density at radius 3 is 1.94 bits per heavy atom. The fourth-order valence-corrected chi connectivity index (χ4v) is 11.4. The zero-order chi connectivity index (χ0) is 13.3. The number of Topliss-reactive ketones (excluding diaryl/α,β-unsaturated/α-hetero) is 1. The molecule has 17 heavy (non-hydrogen) atoms. The van der Waals surface area contributed by atoms with Crippen LogP contribution in [-0.4, -0.2) is 32.3 Å². The third kappa shape index (κ3) is 4.39. The molecule has 0 unspecified atom stereocenters. The van der Waals surface area contributed by atoms with E-state index < -0.39 is 16.5 Å². The first-order valence-electron chi connectivity index (χ1n) is 6.49. The first kappa shape index (κ1) is 14.6. The molecule has 0 aliphatic heterocycles. The van der Waals surface area contributed by atoms with Gasteiger partial charge in [0.15, 0.2) is 16.5 Å². The molecule has 0 aromatic heterocycles. The fourth-order valence-electron chi connectivity index (χ4n) is 2.43. The Balaban J connectivity index is 2.93. The van der Waals surface area contributed by atoms with Gasteiger partial charge in [0, 0.05) is 18.6 Å². The fraction of sp³-hybridized carbons (Fsp3) is 0.833. The molecule has 3 nitrogen and oxygen atoms in total. The van der Waals surface area contributed by atoms with Crippen LogP contribution in [0.15, 0.2) is 5.10 Å². The number of carbonyl (C=O) groups is 1. The Labute approximate surface area is 107 Å². The van der Waals surface area contributed by atoms with Gasteiger partial charge in [0.25, 0.3) is 0 Å². The molecule has 0 N–H and O–H groups in total. The van der Waals surface area contributed by atoms with E-state index in [0.717, 1.165) is 25.0 Å². The molecule has 5 heteroatoms. The first-order valence-corrected chi connectivity index (χ1v) is 13.4. The Kier molecular flexibility index (Phi) is 4.35. The molecule has 0 aromatic carbocycles. The summed E-state index contributed by atoms with van der Waals surface area (Å²) in [5.74, 6) is 0.362. The van der Waals surface area contributed by atoms with Gasteiger partial charge in [-0.05, 0) is 12.8 Å². The van der Waals surface area contributed by atoms with Crippen LogP contribution in [0.2, 0.25) is 39.3 Å². The summed E-state index contributed by atoms with van der Waals surface area (Å²) < 4.78 is 2.41. The molecule has 1 rings (SSSR count). The highest BCUT2D eigenvalue weighted by atomic mass is 28.4.